The first-order valence-corrected chi connectivity index (χ1v) is 8.93. The number of amides is 1. The molecule has 2 rings (SSSR count). The summed E-state index contributed by atoms with van der Waals surface area (Å²) < 4.78 is 0. The maximum Gasteiger partial charge on any atom is 0.224 e. The molecule has 0 aliphatic rings. The fourth-order valence-electron chi connectivity index (χ4n) is 2.04. The third-order valence-electron chi connectivity index (χ3n) is 3.26. The van der Waals surface area contributed by atoms with Crippen molar-refractivity contribution in [2.45, 2.75) is 38.8 Å². The highest BCUT2D eigenvalue weighted by Crippen LogP contribution is 2.17. The first-order valence-electron chi connectivity index (χ1n) is 7.95. The standard InChI is InChI=1S/C17H22N4O2S/c1-4-15-19-17(21-20-15)24-10-14(22)12-5-7-13(8-6-12)18-16(23)9-11(2)3/h5-8,11H,4,9-10H2,1-3H3,(H,18,23)(H,19,20,21). The van der Waals surface area contributed by atoms with E-state index in [0.717, 1.165) is 12.2 Å². The lowest BCUT2D eigenvalue weighted by atomic mass is 10.1. The number of hydrogen-bond donors (Lipinski definition) is 2. The minimum atomic E-state index is -0.0176. The average molecular weight is 346 g/mol. The molecule has 1 amide bonds. The van der Waals surface area contributed by atoms with E-state index >= 15 is 0 Å². The molecule has 1 heterocycles. The number of carbonyl (C=O) groups is 2. The summed E-state index contributed by atoms with van der Waals surface area (Å²) in [7, 11) is 0. The number of aromatic amines is 1. The Morgan fingerprint density at radius 2 is 1.96 bits per heavy atom. The van der Waals surface area contributed by atoms with Gasteiger partial charge in [-0.3, -0.25) is 14.7 Å². The second-order valence-electron chi connectivity index (χ2n) is 5.85. The van der Waals surface area contributed by atoms with Crippen molar-refractivity contribution in [3.63, 3.8) is 0 Å². The van der Waals surface area contributed by atoms with Crippen LogP contribution < -0.4 is 5.32 Å². The molecule has 0 spiro atoms. The van der Waals surface area contributed by atoms with Gasteiger partial charge in [0.25, 0.3) is 0 Å². The maximum absolute atomic E-state index is 12.2. The number of hydrogen-bond acceptors (Lipinski definition) is 5. The second-order valence-corrected chi connectivity index (χ2v) is 6.80. The van der Waals surface area contributed by atoms with E-state index in [2.05, 4.69) is 20.5 Å². The molecule has 24 heavy (non-hydrogen) atoms. The van der Waals surface area contributed by atoms with Gasteiger partial charge in [-0.05, 0) is 30.2 Å². The van der Waals surface area contributed by atoms with Crippen molar-refractivity contribution in [2.75, 3.05) is 11.1 Å². The average Bonchev–Trinajstić information content (AvgIpc) is 3.00. The number of anilines is 1. The Kier molecular flexibility index (Phi) is 6.54. The molecule has 0 bridgehead atoms. The van der Waals surface area contributed by atoms with Crippen molar-refractivity contribution in [3.05, 3.63) is 35.7 Å². The number of aromatic nitrogens is 3. The van der Waals surface area contributed by atoms with Crippen LogP contribution in [0, 0.1) is 5.92 Å². The van der Waals surface area contributed by atoms with Crippen LogP contribution in [0.2, 0.25) is 0 Å². The van der Waals surface area contributed by atoms with Crippen molar-refractivity contribution in [2.24, 2.45) is 5.92 Å². The van der Waals surface area contributed by atoms with Gasteiger partial charge < -0.3 is 5.32 Å². The van der Waals surface area contributed by atoms with Crippen molar-refractivity contribution in [1.82, 2.24) is 15.2 Å². The highest BCUT2D eigenvalue weighted by atomic mass is 32.2. The third kappa shape index (κ3) is 5.49. The van der Waals surface area contributed by atoms with E-state index in [9.17, 15) is 9.59 Å². The van der Waals surface area contributed by atoms with Crippen LogP contribution >= 0.6 is 11.8 Å². The van der Waals surface area contributed by atoms with Crippen molar-refractivity contribution < 1.29 is 9.59 Å². The van der Waals surface area contributed by atoms with Gasteiger partial charge in [0.2, 0.25) is 11.1 Å². The van der Waals surface area contributed by atoms with Crippen LogP contribution in [0.5, 0.6) is 0 Å². The first kappa shape index (κ1) is 18.2. The summed E-state index contributed by atoms with van der Waals surface area (Å²) >= 11 is 1.31. The monoisotopic (exact) mass is 346 g/mol. The summed E-state index contributed by atoms with van der Waals surface area (Å²) in [6.07, 6.45) is 1.26. The van der Waals surface area contributed by atoms with Crippen molar-refractivity contribution in [3.8, 4) is 0 Å². The molecule has 0 saturated carbocycles. The number of carbonyl (C=O) groups excluding carboxylic acids is 2. The number of benzene rings is 1. The molecule has 1 aromatic heterocycles. The SMILES string of the molecule is CCc1nc(SCC(=O)c2ccc(NC(=O)CC(C)C)cc2)n[nH]1. The number of thioether (sulfide) groups is 1. The van der Waals surface area contributed by atoms with Crippen LogP contribution in [-0.2, 0) is 11.2 Å². The minimum absolute atomic E-state index is 0.00269. The summed E-state index contributed by atoms with van der Waals surface area (Å²) in [4.78, 5) is 28.2. The van der Waals surface area contributed by atoms with E-state index in [-0.39, 0.29) is 17.4 Å². The number of ketones is 1. The van der Waals surface area contributed by atoms with Gasteiger partial charge in [-0.2, -0.15) is 0 Å². The minimum Gasteiger partial charge on any atom is -0.326 e. The van der Waals surface area contributed by atoms with E-state index in [0.29, 0.717) is 28.7 Å². The molecule has 1 aromatic carbocycles. The molecule has 0 atom stereocenters. The van der Waals surface area contributed by atoms with Gasteiger partial charge in [0.05, 0.1) is 5.75 Å². The fourth-order valence-corrected chi connectivity index (χ4v) is 2.75. The molecule has 128 valence electrons. The van der Waals surface area contributed by atoms with Gasteiger partial charge in [-0.25, -0.2) is 4.98 Å². The molecule has 0 aliphatic heterocycles. The normalized spacial score (nSPS) is 10.8. The maximum atomic E-state index is 12.2. The van der Waals surface area contributed by atoms with Crippen LogP contribution in [0.3, 0.4) is 0 Å². The van der Waals surface area contributed by atoms with Gasteiger partial charge >= 0.3 is 0 Å². The summed E-state index contributed by atoms with van der Waals surface area (Å²) in [6, 6.07) is 6.95. The zero-order valence-corrected chi connectivity index (χ0v) is 14.9. The lowest BCUT2D eigenvalue weighted by Gasteiger charge is -2.07. The number of nitrogens with one attached hydrogen (secondary N) is 2. The molecule has 6 nitrogen and oxygen atoms in total. The van der Waals surface area contributed by atoms with E-state index in [1.54, 1.807) is 24.3 Å². The lowest BCUT2D eigenvalue weighted by molar-refractivity contribution is -0.116. The van der Waals surface area contributed by atoms with Gasteiger partial charge in [0.1, 0.15) is 5.82 Å². The van der Waals surface area contributed by atoms with Gasteiger partial charge in [0.15, 0.2) is 5.78 Å². The van der Waals surface area contributed by atoms with Crippen LogP contribution in [0.4, 0.5) is 5.69 Å². The van der Waals surface area contributed by atoms with Crippen molar-refractivity contribution >= 4 is 29.1 Å². The summed E-state index contributed by atoms with van der Waals surface area (Å²) in [5, 5.41) is 10.3. The number of rotatable bonds is 8. The Morgan fingerprint density at radius 1 is 1.25 bits per heavy atom. The zero-order valence-electron chi connectivity index (χ0n) is 14.1. The largest absolute Gasteiger partial charge is 0.326 e. The van der Waals surface area contributed by atoms with Crippen molar-refractivity contribution in [1.29, 1.82) is 0 Å². The van der Waals surface area contributed by atoms with Gasteiger partial charge in [0, 0.05) is 24.1 Å². The summed E-state index contributed by atoms with van der Waals surface area (Å²) in [5.41, 5.74) is 1.31. The fraction of sp³-hybridized carbons (Fsp3) is 0.412. The molecule has 2 aromatic rings. The molecular formula is C17H22N4O2S. The summed E-state index contributed by atoms with van der Waals surface area (Å²) in [6.45, 7) is 5.98. The third-order valence-corrected chi connectivity index (χ3v) is 4.11. The van der Waals surface area contributed by atoms with E-state index in [1.165, 1.54) is 11.8 Å². The molecule has 7 heteroatoms. The Bertz CT molecular complexity index is 695. The van der Waals surface area contributed by atoms with E-state index in [4.69, 9.17) is 0 Å². The van der Waals surface area contributed by atoms with Crippen LogP contribution in [0.25, 0.3) is 0 Å². The van der Waals surface area contributed by atoms with Crippen LogP contribution in [0.1, 0.15) is 43.4 Å². The predicted octanol–water partition coefficient (Wildman–Crippen LogP) is 3.33. The molecule has 0 saturated heterocycles. The molecular weight excluding hydrogens is 324 g/mol. The van der Waals surface area contributed by atoms with Gasteiger partial charge in [-0.15, -0.1) is 5.10 Å². The van der Waals surface area contributed by atoms with E-state index < -0.39 is 0 Å². The molecule has 0 fully saturated rings. The van der Waals surface area contributed by atoms with Gasteiger partial charge in [-0.1, -0.05) is 32.5 Å². The smallest absolute Gasteiger partial charge is 0.224 e. The topological polar surface area (TPSA) is 87.7 Å². The lowest BCUT2D eigenvalue weighted by Crippen LogP contribution is -2.14. The molecule has 0 radical (unpaired) electrons. The van der Waals surface area contributed by atoms with Crippen LogP contribution in [0.15, 0.2) is 29.4 Å². The second kappa shape index (κ2) is 8.63. The van der Waals surface area contributed by atoms with E-state index in [1.807, 2.05) is 20.8 Å². The number of Topliss-reactive ketones (excluding diaryl/α,β-unsaturated/α-hetero) is 1. The van der Waals surface area contributed by atoms with Crippen LogP contribution in [-0.4, -0.2) is 32.6 Å². The number of aryl methyl sites for hydroxylation is 1. The highest BCUT2D eigenvalue weighted by molar-refractivity contribution is 7.99. The first-order chi connectivity index (χ1) is 11.5. The quantitative estimate of drug-likeness (QED) is 0.565. The molecule has 0 unspecified atom stereocenters. The Morgan fingerprint density at radius 3 is 2.54 bits per heavy atom. The molecule has 0 aliphatic carbocycles. The number of H-pyrrole nitrogens is 1. The zero-order chi connectivity index (χ0) is 17.5. The Labute approximate surface area is 145 Å². The Balaban J connectivity index is 1.87. The number of nitrogens with zero attached hydrogens (tertiary/aromatic N) is 2. The predicted molar refractivity (Wildman–Crippen MR) is 95.3 cm³/mol. The summed E-state index contributed by atoms with van der Waals surface area (Å²) in [5.74, 6) is 1.39. The highest BCUT2D eigenvalue weighted by Gasteiger charge is 2.10. The molecule has 2 N–H and O–H groups in total. The Hall–Kier alpha value is -2.15.